The predicted molar refractivity (Wildman–Crippen MR) is 106 cm³/mol. The number of H-pyrrole nitrogens is 1. The minimum Gasteiger partial charge on any atom is -0.495 e. The van der Waals surface area contributed by atoms with E-state index >= 15 is 0 Å². The second-order valence-corrected chi connectivity index (χ2v) is 6.05. The fourth-order valence-electron chi connectivity index (χ4n) is 2.24. The Bertz CT molecular complexity index is 953. The lowest BCUT2D eigenvalue weighted by Gasteiger charge is -2.11. The molecule has 0 unspecified atom stereocenters. The zero-order valence-electron chi connectivity index (χ0n) is 13.6. The number of rotatable bonds is 4. The summed E-state index contributed by atoms with van der Waals surface area (Å²) in [5.41, 5.74) is 5.90. The molecular weight excluding hydrogens is 358 g/mol. The number of para-hydroxylation sites is 2. The molecule has 2 aromatic carbocycles. The normalized spacial score (nSPS) is 11.4. The van der Waals surface area contributed by atoms with Gasteiger partial charge in [-0.05, 0) is 49.5 Å². The molecule has 8 heteroatoms. The number of thiocarbonyl (C=S) groups is 1. The van der Waals surface area contributed by atoms with Crippen molar-refractivity contribution in [3.63, 3.8) is 0 Å². The van der Waals surface area contributed by atoms with E-state index in [-0.39, 0.29) is 0 Å². The number of anilines is 1. The molecule has 3 rings (SSSR count). The Morgan fingerprint density at radius 1 is 1.28 bits per heavy atom. The number of hydrogen-bond acceptors (Lipinski definition) is 4. The van der Waals surface area contributed by atoms with Gasteiger partial charge in [0.2, 0.25) is 0 Å². The molecule has 0 aliphatic carbocycles. The number of imidazole rings is 1. The van der Waals surface area contributed by atoms with Crippen molar-refractivity contribution in [1.82, 2.24) is 15.4 Å². The number of nitrogens with zero attached hydrogens (tertiary/aromatic N) is 2. The molecule has 0 aliphatic heterocycles. The van der Waals surface area contributed by atoms with E-state index in [1.54, 1.807) is 13.2 Å². The Morgan fingerprint density at radius 2 is 2.08 bits per heavy atom. The smallest absolute Gasteiger partial charge is 0.191 e. The maximum Gasteiger partial charge on any atom is 0.191 e. The Morgan fingerprint density at radius 3 is 2.88 bits per heavy atom. The van der Waals surface area contributed by atoms with Crippen molar-refractivity contribution in [1.29, 1.82) is 0 Å². The van der Waals surface area contributed by atoms with Gasteiger partial charge in [0.1, 0.15) is 11.5 Å². The molecule has 0 spiro atoms. The second-order valence-electron chi connectivity index (χ2n) is 5.21. The molecule has 3 N–H and O–H groups in total. The van der Waals surface area contributed by atoms with Gasteiger partial charge in [0.15, 0.2) is 10.9 Å². The van der Waals surface area contributed by atoms with Crippen LogP contribution in [-0.2, 0) is 0 Å². The van der Waals surface area contributed by atoms with Crippen LogP contribution in [0.4, 0.5) is 5.69 Å². The highest BCUT2D eigenvalue weighted by molar-refractivity contribution is 7.80. The van der Waals surface area contributed by atoms with Crippen molar-refractivity contribution in [2.45, 2.75) is 6.92 Å². The lowest BCUT2D eigenvalue weighted by atomic mass is 10.3. The molecule has 0 aliphatic rings. The van der Waals surface area contributed by atoms with Crippen molar-refractivity contribution in [2.75, 3.05) is 12.4 Å². The highest BCUT2D eigenvalue weighted by Gasteiger charge is 2.07. The molecule has 3 aromatic rings. The van der Waals surface area contributed by atoms with Gasteiger partial charge in [-0.15, -0.1) is 0 Å². The standard InChI is InChI=1S/C17H16ClN5OS/c1-10(16-19-12-8-7-11(18)9-14(12)20-16)22-23-17(25)21-13-5-3-4-6-15(13)24-2/h3-9H,1-2H3,(H,19,20)(H2,21,23,25)/b22-10+. The fourth-order valence-corrected chi connectivity index (χ4v) is 2.57. The number of fused-ring (bicyclic) bond motifs is 1. The summed E-state index contributed by atoms with van der Waals surface area (Å²) < 4.78 is 5.27. The van der Waals surface area contributed by atoms with Gasteiger partial charge in [-0.1, -0.05) is 23.7 Å². The van der Waals surface area contributed by atoms with Gasteiger partial charge < -0.3 is 15.0 Å². The fraction of sp³-hybridized carbons (Fsp3) is 0.118. The number of methoxy groups -OCH3 is 1. The molecule has 0 bridgehead atoms. The third-order valence-corrected chi connectivity index (χ3v) is 3.90. The number of aromatic nitrogens is 2. The minimum atomic E-state index is 0.350. The van der Waals surface area contributed by atoms with E-state index < -0.39 is 0 Å². The Balaban J connectivity index is 1.70. The maximum atomic E-state index is 5.99. The Labute approximate surface area is 155 Å². The zero-order valence-corrected chi connectivity index (χ0v) is 15.2. The molecule has 128 valence electrons. The highest BCUT2D eigenvalue weighted by atomic mass is 35.5. The van der Waals surface area contributed by atoms with Gasteiger partial charge in [-0.25, -0.2) is 4.98 Å². The number of hydrazone groups is 1. The molecule has 25 heavy (non-hydrogen) atoms. The molecule has 0 saturated heterocycles. The van der Waals surface area contributed by atoms with Crippen LogP contribution in [0.3, 0.4) is 0 Å². The SMILES string of the molecule is COc1ccccc1NC(=S)N/N=C(\C)c1nc2ccc(Cl)cc2[nH]1. The average molecular weight is 374 g/mol. The molecule has 0 atom stereocenters. The average Bonchev–Trinajstić information content (AvgIpc) is 3.03. The van der Waals surface area contributed by atoms with Gasteiger partial charge in [-0.2, -0.15) is 5.10 Å². The maximum absolute atomic E-state index is 5.99. The van der Waals surface area contributed by atoms with E-state index in [4.69, 9.17) is 28.6 Å². The van der Waals surface area contributed by atoms with Gasteiger partial charge >= 0.3 is 0 Å². The van der Waals surface area contributed by atoms with E-state index in [1.807, 2.05) is 43.3 Å². The first-order valence-corrected chi connectivity index (χ1v) is 8.25. The van der Waals surface area contributed by atoms with Crippen LogP contribution in [-0.4, -0.2) is 27.9 Å². The molecule has 0 saturated carbocycles. The summed E-state index contributed by atoms with van der Waals surface area (Å²) in [5.74, 6) is 1.34. The number of aromatic amines is 1. The van der Waals surface area contributed by atoms with Crippen LogP contribution in [0.1, 0.15) is 12.7 Å². The van der Waals surface area contributed by atoms with Crippen LogP contribution in [0.15, 0.2) is 47.6 Å². The second kappa shape index (κ2) is 7.50. The number of nitrogens with one attached hydrogen (secondary N) is 3. The van der Waals surface area contributed by atoms with Crippen LogP contribution < -0.4 is 15.5 Å². The quantitative estimate of drug-likeness (QED) is 0.367. The third-order valence-electron chi connectivity index (χ3n) is 3.47. The van der Waals surface area contributed by atoms with E-state index in [9.17, 15) is 0 Å². The summed E-state index contributed by atoms with van der Waals surface area (Å²) in [6, 6.07) is 13.0. The monoisotopic (exact) mass is 373 g/mol. The molecule has 0 amide bonds. The molecule has 0 radical (unpaired) electrons. The summed E-state index contributed by atoms with van der Waals surface area (Å²) in [5, 5.41) is 8.30. The summed E-state index contributed by atoms with van der Waals surface area (Å²) in [6.45, 7) is 1.83. The van der Waals surface area contributed by atoms with Crippen molar-refractivity contribution < 1.29 is 4.74 Å². The topological polar surface area (TPSA) is 74.3 Å². The van der Waals surface area contributed by atoms with E-state index in [0.717, 1.165) is 16.7 Å². The minimum absolute atomic E-state index is 0.350. The summed E-state index contributed by atoms with van der Waals surface area (Å²) in [6.07, 6.45) is 0. The Kier molecular flexibility index (Phi) is 5.16. The number of halogens is 1. The van der Waals surface area contributed by atoms with E-state index in [1.165, 1.54) is 0 Å². The lowest BCUT2D eigenvalue weighted by Crippen LogP contribution is -2.25. The van der Waals surface area contributed by atoms with Gasteiger partial charge in [0.25, 0.3) is 0 Å². The number of hydrogen-bond donors (Lipinski definition) is 3. The van der Waals surface area contributed by atoms with Gasteiger partial charge in [-0.3, -0.25) is 5.43 Å². The molecule has 0 fully saturated rings. The highest BCUT2D eigenvalue weighted by Crippen LogP contribution is 2.22. The van der Waals surface area contributed by atoms with E-state index in [2.05, 4.69) is 25.8 Å². The molecule has 1 heterocycles. The predicted octanol–water partition coefficient (Wildman–Crippen LogP) is 3.94. The molecule has 1 aromatic heterocycles. The van der Waals surface area contributed by atoms with E-state index in [0.29, 0.717) is 27.4 Å². The van der Waals surface area contributed by atoms with Crippen LogP contribution in [0.2, 0.25) is 5.02 Å². The third kappa shape index (κ3) is 4.07. The van der Waals surface area contributed by atoms with Crippen molar-refractivity contribution in [3.05, 3.63) is 53.3 Å². The van der Waals surface area contributed by atoms with Gasteiger partial charge in [0.05, 0.1) is 23.8 Å². The van der Waals surface area contributed by atoms with Crippen molar-refractivity contribution in [2.24, 2.45) is 5.10 Å². The molecule has 6 nitrogen and oxygen atoms in total. The first-order chi connectivity index (χ1) is 12.1. The lowest BCUT2D eigenvalue weighted by molar-refractivity contribution is 0.417. The number of ether oxygens (including phenoxy) is 1. The first-order valence-electron chi connectivity index (χ1n) is 7.47. The first kappa shape index (κ1) is 17.2. The van der Waals surface area contributed by atoms with Crippen molar-refractivity contribution >= 4 is 51.4 Å². The molecular formula is C17H16ClN5OS. The van der Waals surface area contributed by atoms with Crippen LogP contribution >= 0.6 is 23.8 Å². The zero-order chi connectivity index (χ0) is 17.8. The van der Waals surface area contributed by atoms with Crippen LogP contribution in [0.25, 0.3) is 11.0 Å². The number of benzene rings is 2. The van der Waals surface area contributed by atoms with Gasteiger partial charge in [0, 0.05) is 5.02 Å². The largest absolute Gasteiger partial charge is 0.495 e. The van der Waals surface area contributed by atoms with Crippen molar-refractivity contribution in [3.8, 4) is 5.75 Å². The summed E-state index contributed by atoms with van der Waals surface area (Å²) >= 11 is 11.2. The van der Waals surface area contributed by atoms with Crippen LogP contribution in [0.5, 0.6) is 5.75 Å². The summed E-state index contributed by atoms with van der Waals surface area (Å²) in [7, 11) is 1.60. The Hall–Kier alpha value is -2.64. The van der Waals surface area contributed by atoms with Crippen LogP contribution in [0, 0.1) is 0 Å². The summed E-state index contributed by atoms with van der Waals surface area (Å²) in [4.78, 5) is 7.65.